The summed E-state index contributed by atoms with van der Waals surface area (Å²) >= 11 is 3.65. The molecule has 0 spiro atoms. The second kappa shape index (κ2) is 5.91. The molecule has 0 radical (unpaired) electrons. The Bertz CT molecular complexity index is 854. The summed E-state index contributed by atoms with van der Waals surface area (Å²) in [6, 6.07) is 28.1. The van der Waals surface area contributed by atoms with Crippen molar-refractivity contribution >= 4 is 22.7 Å². The van der Waals surface area contributed by atoms with Gasteiger partial charge in [-0.3, -0.25) is 0 Å². The topological polar surface area (TPSA) is 0 Å². The summed E-state index contributed by atoms with van der Waals surface area (Å²) in [4.78, 5) is 4.01. The van der Waals surface area contributed by atoms with Crippen molar-refractivity contribution in [1.29, 1.82) is 0 Å². The Hall–Kier alpha value is -2.16. The van der Waals surface area contributed by atoms with E-state index in [-0.39, 0.29) is 0 Å². The molecule has 0 saturated carbocycles. The maximum absolute atomic E-state index is 2.22. The summed E-state index contributed by atoms with van der Waals surface area (Å²) in [7, 11) is 0. The maximum Gasteiger partial charge on any atom is 0.0449 e. The van der Waals surface area contributed by atoms with Crippen LogP contribution in [0.15, 0.2) is 84.2 Å². The largest absolute Gasteiger partial charge is 0.143 e. The Labute approximate surface area is 138 Å². The van der Waals surface area contributed by atoms with E-state index in [2.05, 4.69) is 84.2 Å². The van der Waals surface area contributed by atoms with Crippen molar-refractivity contribution in [3.8, 4) is 31.3 Å². The Morgan fingerprint density at radius 3 is 1.86 bits per heavy atom. The van der Waals surface area contributed by atoms with Gasteiger partial charge in [0.2, 0.25) is 0 Å². The van der Waals surface area contributed by atoms with E-state index in [9.17, 15) is 0 Å². The van der Waals surface area contributed by atoms with Gasteiger partial charge in [0, 0.05) is 14.6 Å². The standard InChI is InChI=1S/C20H14S2/c1-2-5-15(6-3-1)16-8-10-17(11-9-16)18-12-13-20(22-18)19-7-4-14-21-19/h1-14H. The second-order valence-corrected chi connectivity index (χ2v) is 7.12. The fraction of sp³-hybridized carbons (Fsp3) is 0. The van der Waals surface area contributed by atoms with Gasteiger partial charge < -0.3 is 0 Å². The molecule has 0 saturated heterocycles. The Kier molecular flexibility index (Phi) is 3.63. The molecule has 106 valence electrons. The number of hydrogen-bond donors (Lipinski definition) is 0. The van der Waals surface area contributed by atoms with Gasteiger partial charge in [-0.1, -0.05) is 60.7 Å². The molecule has 4 rings (SSSR count). The van der Waals surface area contributed by atoms with Crippen LogP contribution in [-0.2, 0) is 0 Å². The first-order valence-electron chi connectivity index (χ1n) is 7.20. The minimum Gasteiger partial charge on any atom is -0.143 e. The number of rotatable bonds is 3. The number of hydrogen-bond acceptors (Lipinski definition) is 2. The monoisotopic (exact) mass is 318 g/mol. The van der Waals surface area contributed by atoms with Crippen molar-refractivity contribution in [2.24, 2.45) is 0 Å². The lowest BCUT2D eigenvalue weighted by Crippen LogP contribution is -1.77. The zero-order valence-electron chi connectivity index (χ0n) is 11.9. The predicted octanol–water partition coefficient (Wildman–Crippen LogP) is 6.81. The van der Waals surface area contributed by atoms with Gasteiger partial charge in [0.25, 0.3) is 0 Å². The number of thiophene rings is 2. The van der Waals surface area contributed by atoms with E-state index >= 15 is 0 Å². The summed E-state index contributed by atoms with van der Waals surface area (Å²) in [5.41, 5.74) is 3.81. The fourth-order valence-electron chi connectivity index (χ4n) is 2.50. The van der Waals surface area contributed by atoms with Crippen molar-refractivity contribution in [1.82, 2.24) is 0 Å². The molecule has 0 N–H and O–H groups in total. The van der Waals surface area contributed by atoms with Crippen molar-refractivity contribution in [3.05, 3.63) is 84.2 Å². The smallest absolute Gasteiger partial charge is 0.0449 e. The van der Waals surface area contributed by atoms with Crippen LogP contribution in [0.4, 0.5) is 0 Å². The molecular formula is C20H14S2. The minimum atomic E-state index is 1.26. The highest BCUT2D eigenvalue weighted by atomic mass is 32.1. The molecule has 0 bridgehead atoms. The van der Waals surface area contributed by atoms with Crippen LogP contribution in [0.3, 0.4) is 0 Å². The molecule has 0 nitrogen and oxygen atoms in total. The van der Waals surface area contributed by atoms with Gasteiger partial charge in [-0.2, -0.15) is 0 Å². The molecule has 0 aliphatic rings. The van der Waals surface area contributed by atoms with E-state index < -0.39 is 0 Å². The van der Waals surface area contributed by atoms with E-state index in [0.717, 1.165) is 0 Å². The van der Waals surface area contributed by atoms with E-state index in [1.807, 2.05) is 11.3 Å². The normalized spacial score (nSPS) is 10.7. The summed E-state index contributed by atoms with van der Waals surface area (Å²) < 4.78 is 0. The van der Waals surface area contributed by atoms with Crippen molar-refractivity contribution in [3.63, 3.8) is 0 Å². The minimum absolute atomic E-state index is 1.26. The number of benzene rings is 2. The van der Waals surface area contributed by atoms with Crippen LogP contribution in [0.25, 0.3) is 31.3 Å². The third-order valence-electron chi connectivity index (χ3n) is 3.65. The molecular weight excluding hydrogens is 304 g/mol. The van der Waals surface area contributed by atoms with E-state index in [4.69, 9.17) is 0 Å². The highest BCUT2D eigenvalue weighted by molar-refractivity contribution is 7.23. The van der Waals surface area contributed by atoms with Crippen LogP contribution in [-0.4, -0.2) is 0 Å². The SMILES string of the molecule is c1ccc(-c2ccc(-c3ccc(-c4cccs4)s3)cc2)cc1. The molecule has 2 heterocycles. The predicted molar refractivity (Wildman–Crippen MR) is 98.5 cm³/mol. The molecule has 2 heteroatoms. The fourth-order valence-corrected chi connectivity index (χ4v) is 4.35. The molecule has 0 unspecified atom stereocenters. The average molecular weight is 318 g/mol. The van der Waals surface area contributed by atoms with E-state index in [1.54, 1.807) is 11.3 Å². The summed E-state index contributed by atoms with van der Waals surface area (Å²) in [6.45, 7) is 0. The Morgan fingerprint density at radius 2 is 1.14 bits per heavy atom. The summed E-state index contributed by atoms with van der Waals surface area (Å²) in [5, 5.41) is 2.13. The highest BCUT2D eigenvalue weighted by Gasteiger charge is 2.06. The van der Waals surface area contributed by atoms with Crippen LogP contribution in [0, 0.1) is 0 Å². The lowest BCUT2D eigenvalue weighted by atomic mass is 10.0. The molecule has 4 aromatic rings. The first-order chi connectivity index (χ1) is 10.9. The van der Waals surface area contributed by atoms with E-state index in [1.165, 1.54) is 31.3 Å². The first kappa shape index (κ1) is 13.5. The van der Waals surface area contributed by atoms with E-state index in [0.29, 0.717) is 0 Å². The van der Waals surface area contributed by atoms with Gasteiger partial charge in [-0.05, 0) is 40.3 Å². The van der Waals surface area contributed by atoms with Crippen LogP contribution >= 0.6 is 22.7 Å². The van der Waals surface area contributed by atoms with Crippen LogP contribution in [0.1, 0.15) is 0 Å². The lowest BCUT2D eigenvalue weighted by molar-refractivity contribution is 1.62. The molecule has 0 fully saturated rings. The van der Waals surface area contributed by atoms with Gasteiger partial charge in [0.1, 0.15) is 0 Å². The molecule has 22 heavy (non-hydrogen) atoms. The van der Waals surface area contributed by atoms with Gasteiger partial charge in [0.05, 0.1) is 0 Å². The third-order valence-corrected chi connectivity index (χ3v) is 5.85. The summed E-state index contributed by atoms with van der Waals surface area (Å²) in [6.07, 6.45) is 0. The Morgan fingerprint density at radius 1 is 0.455 bits per heavy atom. The zero-order chi connectivity index (χ0) is 14.8. The summed E-state index contributed by atoms with van der Waals surface area (Å²) in [5.74, 6) is 0. The van der Waals surface area contributed by atoms with Gasteiger partial charge >= 0.3 is 0 Å². The quantitative estimate of drug-likeness (QED) is 0.389. The lowest BCUT2D eigenvalue weighted by Gasteiger charge is -2.03. The van der Waals surface area contributed by atoms with Crippen LogP contribution < -0.4 is 0 Å². The molecule has 0 aliphatic heterocycles. The Balaban J connectivity index is 1.64. The third kappa shape index (κ3) is 2.63. The molecule has 2 aromatic heterocycles. The van der Waals surface area contributed by atoms with Crippen LogP contribution in [0.5, 0.6) is 0 Å². The molecule has 0 amide bonds. The van der Waals surface area contributed by atoms with Gasteiger partial charge in [-0.15, -0.1) is 22.7 Å². The molecule has 0 aliphatic carbocycles. The highest BCUT2D eigenvalue weighted by Crippen LogP contribution is 2.36. The molecule has 0 atom stereocenters. The molecule has 2 aromatic carbocycles. The first-order valence-corrected chi connectivity index (χ1v) is 8.89. The van der Waals surface area contributed by atoms with Gasteiger partial charge in [0.15, 0.2) is 0 Å². The van der Waals surface area contributed by atoms with Gasteiger partial charge in [-0.25, -0.2) is 0 Å². The van der Waals surface area contributed by atoms with Crippen molar-refractivity contribution in [2.75, 3.05) is 0 Å². The van der Waals surface area contributed by atoms with Crippen molar-refractivity contribution in [2.45, 2.75) is 0 Å². The maximum atomic E-state index is 2.22. The second-order valence-electron chi connectivity index (χ2n) is 5.08. The van der Waals surface area contributed by atoms with Crippen LogP contribution in [0.2, 0.25) is 0 Å². The average Bonchev–Trinajstić information content (AvgIpc) is 3.27. The van der Waals surface area contributed by atoms with Crippen molar-refractivity contribution < 1.29 is 0 Å². The zero-order valence-corrected chi connectivity index (χ0v) is 13.5.